The van der Waals surface area contributed by atoms with E-state index in [0.717, 1.165) is 15.2 Å². The Bertz CT molecular complexity index is 1040. The number of aryl methyl sites for hydroxylation is 1. The number of anilines is 1. The first-order chi connectivity index (χ1) is 14.0. The lowest BCUT2D eigenvalue weighted by molar-refractivity contribution is 0.0999. The van der Waals surface area contributed by atoms with Gasteiger partial charge in [-0.1, -0.05) is 41.3 Å². The second kappa shape index (κ2) is 8.38. The Morgan fingerprint density at radius 3 is 2.69 bits per heavy atom. The summed E-state index contributed by atoms with van der Waals surface area (Å²) in [6.45, 7) is 3.70. The van der Waals surface area contributed by atoms with Crippen molar-refractivity contribution in [2.24, 2.45) is 0 Å². The summed E-state index contributed by atoms with van der Waals surface area (Å²) in [5.41, 5.74) is 5.54. The molecule has 150 valence electrons. The third kappa shape index (κ3) is 4.68. The Kier molecular flexibility index (Phi) is 5.68. The normalized spacial score (nSPS) is 13.3. The van der Waals surface area contributed by atoms with Gasteiger partial charge in [-0.05, 0) is 44.9 Å². The van der Waals surface area contributed by atoms with Gasteiger partial charge in [0.1, 0.15) is 0 Å². The molecule has 1 amide bonds. The van der Waals surface area contributed by atoms with Crippen LogP contribution in [0.1, 0.15) is 44.9 Å². The highest BCUT2D eigenvalue weighted by Gasteiger charge is 2.23. The van der Waals surface area contributed by atoms with Gasteiger partial charge in [0.05, 0.1) is 5.75 Å². The molecule has 2 N–H and O–H groups in total. The van der Waals surface area contributed by atoms with Crippen molar-refractivity contribution >= 4 is 39.9 Å². The molecular formula is C20H21N5O2S2. The molecular weight excluding hydrogens is 406 g/mol. The number of nitrogens with one attached hydrogen (secondary N) is 2. The van der Waals surface area contributed by atoms with Crippen molar-refractivity contribution in [3.8, 4) is 0 Å². The third-order valence-electron chi connectivity index (χ3n) is 4.62. The van der Waals surface area contributed by atoms with Crippen molar-refractivity contribution in [2.75, 3.05) is 16.5 Å². The summed E-state index contributed by atoms with van der Waals surface area (Å²) in [6.07, 6.45) is 2.36. The molecule has 1 aliphatic rings. The molecule has 1 saturated carbocycles. The molecule has 3 aromatic rings. The first-order valence-electron chi connectivity index (χ1n) is 9.32. The fraction of sp³-hybridized carbons (Fsp3) is 0.300. The second-order valence-corrected chi connectivity index (χ2v) is 9.13. The van der Waals surface area contributed by atoms with Gasteiger partial charge in [-0.2, -0.15) is 0 Å². The maximum absolute atomic E-state index is 12.7. The Balaban J connectivity index is 1.40. The summed E-state index contributed by atoms with van der Waals surface area (Å²) < 4.78 is 2.43. The molecule has 0 bridgehead atoms. The quantitative estimate of drug-likeness (QED) is 0.419. The molecule has 2 heterocycles. The Morgan fingerprint density at radius 1 is 1.21 bits per heavy atom. The van der Waals surface area contributed by atoms with Crippen molar-refractivity contribution in [2.45, 2.75) is 37.1 Å². The van der Waals surface area contributed by atoms with E-state index < -0.39 is 0 Å². The van der Waals surface area contributed by atoms with E-state index in [1.807, 2.05) is 38.1 Å². The van der Waals surface area contributed by atoms with E-state index in [-0.39, 0.29) is 17.4 Å². The van der Waals surface area contributed by atoms with Crippen molar-refractivity contribution < 1.29 is 9.59 Å². The summed E-state index contributed by atoms with van der Waals surface area (Å²) in [4.78, 5) is 25.2. The fourth-order valence-corrected chi connectivity index (χ4v) is 4.62. The summed E-state index contributed by atoms with van der Waals surface area (Å²) in [5, 5.41) is 12.4. The molecule has 0 spiro atoms. The Labute approximate surface area is 176 Å². The maximum atomic E-state index is 12.7. The average Bonchev–Trinajstić information content (AvgIpc) is 3.36. The van der Waals surface area contributed by atoms with Crippen LogP contribution in [0.5, 0.6) is 0 Å². The predicted octanol–water partition coefficient (Wildman–Crippen LogP) is 3.89. The molecule has 0 aliphatic heterocycles. The van der Waals surface area contributed by atoms with Crippen LogP contribution in [-0.2, 0) is 0 Å². The largest absolute Gasteiger partial charge is 0.357 e. The highest BCUT2D eigenvalue weighted by molar-refractivity contribution is 8.01. The number of aromatic nitrogens is 3. The van der Waals surface area contributed by atoms with E-state index in [4.69, 9.17) is 0 Å². The lowest BCUT2D eigenvalue weighted by Crippen LogP contribution is -2.25. The first kappa shape index (κ1) is 19.7. The van der Waals surface area contributed by atoms with Crippen LogP contribution in [0.2, 0.25) is 0 Å². The van der Waals surface area contributed by atoms with Crippen LogP contribution in [0, 0.1) is 13.8 Å². The van der Waals surface area contributed by atoms with Crippen molar-refractivity contribution in [3.05, 3.63) is 58.9 Å². The van der Waals surface area contributed by atoms with Crippen LogP contribution in [0.3, 0.4) is 0 Å². The third-order valence-corrected chi connectivity index (χ3v) is 6.61. The molecule has 0 saturated heterocycles. The predicted molar refractivity (Wildman–Crippen MR) is 116 cm³/mol. The van der Waals surface area contributed by atoms with Gasteiger partial charge < -0.3 is 5.32 Å². The smallest absolute Gasteiger partial charge is 0.270 e. The monoisotopic (exact) mass is 427 g/mol. The van der Waals surface area contributed by atoms with Crippen molar-refractivity contribution in [1.82, 2.24) is 14.9 Å². The lowest BCUT2D eigenvalue weighted by Gasteiger charge is -2.11. The summed E-state index contributed by atoms with van der Waals surface area (Å²) >= 11 is 2.86. The molecule has 0 unspecified atom stereocenters. The van der Waals surface area contributed by atoms with Gasteiger partial charge >= 0.3 is 0 Å². The van der Waals surface area contributed by atoms with E-state index in [9.17, 15) is 9.59 Å². The molecule has 7 nitrogen and oxygen atoms in total. The average molecular weight is 428 g/mol. The van der Waals surface area contributed by atoms with Gasteiger partial charge in [-0.15, -0.1) is 10.2 Å². The Hall–Kier alpha value is -2.65. The number of ketones is 1. The number of Topliss-reactive ketones (excluding diaryl/α,β-unsaturated/α-hetero) is 1. The highest BCUT2D eigenvalue weighted by atomic mass is 32.2. The number of nitrogens with zero attached hydrogens (tertiary/aromatic N) is 3. The molecule has 4 rings (SSSR count). The van der Waals surface area contributed by atoms with Crippen LogP contribution < -0.4 is 10.7 Å². The maximum Gasteiger partial charge on any atom is 0.270 e. The van der Waals surface area contributed by atoms with Crippen LogP contribution in [0.15, 0.2) is 40.7 Å². The number of hydrogen-bond donors (Lipinski definition) is 2. The molecule has 0 radical (unpaired) electrons. The van der Waals surface area contributed by atoms with E-state index in [0.29, 0.717) is 22.9 Å². The van der Waals surface area contributed by atoms with Crippen molar-refractivity contribution in [1.29, 1.82) is 0 Å². The van der Waals surface area contributed by atoms with Gasteiger partial charge in [0.15, 0.2) is 10.1 Å². The zero-order valence-corrected chi connectivity index (χ0v) is 17.8. The second-order valence-electron chi connectivity index (χ2n) is 6.93. The van der Waals surface area contributed by atoms with E-state index in [1.54, 1.807) is 16.8 Å². The number of rotatable bonds is 8. The minimum absolute atomic E-state index is 0.00443. The number of hydrogen-bond acceptors (Lipinski definition) is 7. The molecule has 9 heteroatoms. The number of carbonyl (C=O) groups is 2. The molecule has 1 aromatic carbocycles. The van der Waals surface area contributed by atoms with Crippen LogP contribution in [0.25, 0.3) is 0 Å². The van der Waals surface area contributed by atoms with Crippen LogP contribution in [-0.4, -0.2) is 38.4 Å². The van der Waals surface area contributed by atoms with Crippen LogP contribution >= 0.6 is 23.1 Å². The van der Waals surface area contributed by atoms with Gasteiger partial charge in [0.25, 0.3) is 5.91 Å². The van der Waals surface area contributed by atoms with E-state index in [1.165, 1.54) is 35.9 Å². The molecule has 1 fully saturated rings. The van der Waals surface area contributed by atoms with Crippen LogP contribution in [0.4, 0.5) is 5.13 Å². The number of thioether (sulfide) groups is 1. The summed E-state index contributed by atoms with van der Waals surface area (Å²) in [6, 6.07) is 11.3. The van der Waals surface area contributed by atoms with E-state index in [2.05, 4.69) is 20.9 Å². The number of amides is 1. The molecule has 29 heavy (non-hydrogen) atoms. The Morgan fingerprint density at radius 2 is 1.97 bits per heavy atom. The molecule has 0 atom stereocenters. The minimum Gasteiger partial charge on any atom is -0.357 e. The molecule has 1 aliphatic carbocycles. The lowest BCUT2D eigenvalue weighted by atomic mass is 10.2. The highest BCUT2D eigenvalue weighted by Crippen LogP contribution is 2.30. The van der Waals surface area contributed by atoms with E-state index >= 15 is 0 Å². The van der Waals surface area contributed by atoms with Gasteiger partial charge in [-0.25, -0.2) is 0 Å². The van der Waals surface area contributed by atoms with Crippen molar-refractivity contribution in [3.63, 3.8) is 0 Å². The summed E-state index contributed by atoms with van der Waals surface area (Å²) in [5.74, 6) is 0.0511. The topological polar surface area (TPSA) is 88.9 Å². The summed E-state index contributed by atoms with van der Waals surface area (Å²) in [7, 11) is 0. The first-order valence-corrected chi connectivity index (χ1v) is 11.1. The number of carbonyl (C=O) groups excluding carboxylic acids is 2. The standard InChI is InChI=1S/C20H21N5O2S2/c1-12-10-16(13(2)25(12)24-18(27)14-6-4-3-5-7-14)17(26)11-28-20-23-22-19(29-20)21-15-8-9-15/h3-7,10,15H,8-9,11H2,1-2H3,(H,21,22)(H,24,27). The molecule has 2 aromatic heterocycles. The zero-order valence-electron chi connectivity index (χ0n) is 16.1. The minimum atomic E-state index is -0.217. The van der Waals surface area contributed by atoms with Gasteiger partial charge in [-0.3, -0.25) is 19.7 Å². The fourth-order valence-electron chi connectivity index (χ4n) is 2.91. The van der Waals surface area contributed by atoms with Gasteiger partial charge in [0.2, 0.25) is 5.13 Å². The van der Waals surface area contributed by atoms with Gasteiger partial charge in [0, 0.05) is 28.6 Å². The zero-order chi connectivity index (χ0) is 20.4. The number of benzene rings is 1. The SMILES string of the molecule is Cc1cc(C(=O)CSc2nnc(NC3CC3)s2)c(C)n1NC(=O)c1ccccc1.